The van der Waals surface area contributed by atoms with Crippen LogP contribution in [0, 0.1) is 0 Å². The summed E-state index contributed by atoms with van der Waals surface area (Å²) in [4.78, 5) is 11.6. The lowest BCUT2D eigenvalue weighted by Gasteiger charge is -2.19. The zero-order chi connectivity index (χ0) is 11.7. The van der Waals surface area contributed by atoms with E-state index in [-0.39, 0.29) is 10.7 Å². The SMILES string of the molecule is CCCCC(CCC)NC(=O)C(Br)CC. The highest BCUT2D eigenvalue weighted by molar-refractivity contribution is 9.10. The first kappa shape index (κ1) is 14.9. The number of rotatable bonds is 8. The minimum absolute atomic E-state index is 0.0292. The van der Waals surface area contributed by atoms with Gasteiger partial charge in [-0.3, -0.25) is 4.79 Å². The van der Waals surface area contributed by atoms with Gasteiger partial charge in [-0.2, -0.15) is 0 Å². The van der Waals surface area contributed by atoms with Gasteiger partial charge in [0.15, 0.2) is 0 Å². The van der Waals surface area contributed by atoms with Crippen LogP contribution in [0.2, 0.25) is 0 Å². The Morgan fingerprint density at radius 3 is 2.33 bits per heavy atom. The number of halogens is 1. The Morgan fingerprint density at radius 2 is 1.87 bits per heavy atom. The zero-order valence-electron chi connectivity index (χ0n) is 10.2. The molecule has 0 fully saturated rings. The molecule has 0 aliphatic carbocycles. The van der Waals surface area contributed by atoms with E-state index in [4.69, 9.17) is 0 Å². The first-order chi connectivity index (χ1) is 7.15. The third kappa shape index (κ3) is 6.93. The summed E-state index contributed by atoms with van der Waals surface area (Å²) >= 11 is 3.38. The number of unbranched alkanes of at least 4 members (excludes halogenated alkanes) is 1. The van der Waals surface area contributed by atoms with Crippen LogP contribution in [-0.4, -0.2) is 16.8 Å². The lowest BCUT2D eigenvalue weighted by molar-refractivity contribution is -0.121. The standard InChI is InChI=1S/C12H24BrNO/c1-4-7-9-10(8-5-2)14-12(15)11(13)6-3/h10-11H,4-9H2,1-3H3,(H,14,15). The number of amides is 1. The van der Waals surface area contributed by atoms with Crippen LogP contribution in [0.25, 0.3) is 0 Å². The van der Waals surface area contributed by atoms with Crippen LogP contribution >= 0.6 is 15.9 Å². The second kappa shape index (κ2) is 9.20. The lowest BCUT2D eigenvalue weighted by atomic mass is 10.0. The molecule has 0 radical (unpaired) electrons. The largest absolute Gasteiger partial charge is 0.352 e. The van der Waals surface area contributed by atoms with Crippen LogP contribution in [0.3, 0.4) is 0 Å². The van der Waals surface area contributed by atoms with E-state index in [2.05, 4.69) is 35.1 Å². The van der Waals surface area contributed by atoms with E-state index in [9.17, 15) is 4.79 Å². The third-order valence-electron chi connectivity index (χ3n) is 2.53. The van der Waals surface area contributed by atoms with E-state index >= 15 is 0 Å². The molecule has 90 valence electrons. The molecule has 0 saturated heterocycles. The third-order valence-corrected chi connectivity index (χ3v) is 3.60. The molecule has 1 N–H and O–H groups in total. The summed E-state index contributed by atoms with van der Waals surface area (Å²) in [5.41, 5.74) is 0. The van der Waals surface area contributed by atoms with Crippen LogP contribution in [-0.2, 0) is 4.79 Å². The molecular weight excluding hydrogens is 254 g/mol. The topological polar surface area (TPSA) is 29.1 Å². The summed E-state index contributed by atoms with van der Waals surface area (Å²) in [5, 5.41) is 3.12. The van der Waals surface area contributed by atoms with Crippen LogP contribution in [0.15, 0.2) is 0 Å². The van der Waals surface area contributed by atoms with E-state index in [0.29, 0.717) is 6.04 Å². The van der Waals surface area contributed by atoms with Crippen molar-refractivity contribution in [3.63, 3.8) is 0 Å². The molecule has 15 heavy (non-hydrogen) atoms. The van der Waals surface area contributed by atoms with Gasteiger partial charge in [0.25, 0.3) is 0 Å². The average Bonchev–Trinajstić information content (AvgIpc) is 2.24. The van der Waals surface area contributed by atoms with Gasteiger partial charge in [-0.05, 0) is 19.3 Å². The van der Waals surface area contributed by atoms with Crippen LogP contribution in [0.4, 0.5) is 0 Å². The smallest absolute Gasteiger partial charge is 0.233 e. The maximum atomic E-state index is 11.7. The molecule has 0 aromatic carbocycles. The van der Waals surface area contributed by atoms with Crippen molar-refractivity contribution < 1.29 is 4.79 Å². The van der Waals surface area contributed by atoms with E-state index < -0.39 is 0 Å². The summed E-state index contributed by atoms with van der Waals surface area (Å²) in [6, 6.07) is 0.369. The molecule has 3 heteroatoms. The van der Waals surface area contributed by atoms with Crippen LogP contribution in [0.1, 0.15) is 59.3 Å². The van der Waals surface area contributed by atoms with Gasteiger partial charge in [0, 0.05) is 6.04 Å². The highest BCUT2D eigenvalue weighted by Crippen LogP contribution is 2.10. The van der Waals surface area contributed by atoms with Gasteiger partial charge in [0.2, 0.25) is 5.91 Å². The van der Waals surface area contributed by atoms with Gasteiger partial charge in [-0.1, -0.05) is 56.0 Å². The fraction of sp³-hybridized carbons (Fsp3) is 0.917. The molecule has 0 rings (SSSR count). The Kier molecular flexibility index (Phi) is 9.17. The van der Waals surface area contributed by atoms with Gasteiger partial charge < -0.3 is 5.32 Å². The van der Waals surface area contributed by atoms with Gasteiger partial charge in [-0.25, -0.2) is 0 Å². The predicted octanol–water partition coefficient (Wildman–Crippen LogP) is 3.64. The molecule has 0 aromatic heterocycles. The van der Waals surface area contributed by atoms with Gasteiger partial charge >= 0.3 is 0 Å². The number of hydrogen-bond donors (Lipinski definition) is 1. The zero-order valence-corrected chi connectivity index (χ0v) is 11.8. The molecule has 0 aliphatic heterocycles. The van der Waals surface area contributed by atoms with E-state index in [1.807, 2.05) is 6.92 Å². The number of alkyl halides is 1. The molecule has 2 atom stereocenters. The normalized spacial score (nSPS) is 14.7. The highest BCUT2D eigenvalue weighted by atomic mass is 79.9. The van der Waals surface area contributed by atoms with Crippen molar-refractivity contribution in [2.75, 3.05) is 0 Å². The van der Waals surface area contributed by atoms with E-state index in [0.717, 1.165) is 25.7 Å². The Morgan fingerprint density at radius 1 is 1.20 bits per heavy atom. The molecule has 0 aliphatic rings. The molecule has 0 heterocycles. The average molecular weight is 278 g/mol. The van der Waals surface area contributed by atoms with E-state index in [1.165, 1.54) is 12.8 Å². The molecule has 0 spiro atoms. The first-order valence-electron chi connectivity index (χ1n) is 6.10. The van der Waals surface area contributed by atoms with Crippen LogP contribution < -0.4 is 5.32 Å². The second-order valence-corrected chi connectivity index (χ2v) is 5.12. The predicted molar refractivity (Wildman–Crippen MR) is 69.4 cm³/mol. The van der Waals surface area contributed by atoms with Gasteiger partial charge in [-0.15, -0.1) is 0 Å². The quantitative estimate of drug-likeness (QED) is 0.675. The fourth-order valence-electron chi connectivity index (χ4n) is 1.56. The van der Waals surface area contributed by atoms with E-state index in [1.54, 1.807) is 0 Å². The van der Waals surface area contributed by atoms with Crippen molar-refractivity contribution in [3.05, 3.63) is 0 Å². The molecule has 0 aromatic rings. The Hall–Kier alpha value is -0.0500. The lowest BCUT2D eigenvalue weighted by Crippen LogP contribution is -2.39. The molecule has 1 amide bonds. The summed E-state index contributed by atoms with van der Waals surface area (Å²) < 4.78 is 0. The van der Waals surface area contributed by atoms with Crippen LogP contribution in [0.5, 0.6) is 0 Å². The molecule has 0 bridgehead atoms. The van der Waals surface area contributed by atoms with Crippen molar-refractivity contribution in [2.45, 2.75) is 70.2 Å². The molecule has 2 unspecified atom stereocenters. The second-order valence-electron chi connectivity index (χ2n) is 4.01. The van der Waals surface area contributed by atoms with Gasteiger partial charge in [0.05, 0.1) is 4.83 Å². The summed E-state index contributed by atoms with van der Waals surface area (Å²) in [5.74, 6) is 0.145. The Labute approximate surface area is 102 Å². The minimum Gasteiger partial charge on any atom is -0.352 e. The Balaban J connectivity index is 3.97. The fourth-order valence-corrected chi connectivity index (χ4v) is 1.70. The molecule has 0 saturated carbocycles. The van der Waals surface area contributed by atoms with Crippen molar-refractivity contribution in [2.24, 2.45) is 0 Å². The number of nitrogens with one attached hydrogen (secondary N) is 1. The Bertz CT molecular complexity index is 173. The number of hydrogen-bond acceptors (Lipinski definition) is 1. The highest BCUT2D eigenvalue weighted by Gasteiger charge is 2.16. The summed E-state index contributed by atoms with van der Waals surface area (Å²) in [6.45, 7) is 6.36. The monoisotopic (exact) mass is 277 g/mol. The minimum atomic E-state index is -0.0292. The summed E-state index contributed by atoms with van der Waals surface area (Å²) in [7, 11) is 0. The molecule has 2 nitrogen and oxygen atoms in total. The number of carbonyl (C=O) groups excluding carboxylic acids is 1. The first-order valence-corrected chi connectivity index (χ1v) is 7.01. The number of carbonyl (C=O) groups is 1. The van der Waals surface area contributed by atoms with Gasteiger partial charge in [0.1, 0.15) is 0 Å². The summed E-state index contributed by atoms with van der Waals surface area (Å²) in [6.07, 6.45) is 6.58. The van der Waals surface area contributed by atoms with Crippen molar-refractivity contribution in [1.29, 1.82) is 0 Å². The van der Waals surface area contributed by atoms with Crippen molar-refractivity contribution >= 4 is 21.8 Å². The van der Waals surface area contributed by atoms with Crippen molar-refractivity contribution in [1.82, 2.24) is 5.32 Å². The van der Waals surface area contributed by atoms with Crippen molar-refractivity contribution in [3.8, 4) is 0 Å². The molecular formula is C12H24BrNO. The maximum absolute atomic E-state index is 11.7. The maximum Gasteiger partial charge on any atom is 0.233 e.